The Hall–Kier alpha value is -2.53. The van der Waals surface area contributed by atoms with Crippen LogP contribution < -0.4 is 27.0 Å². The number of hydrogen-bond acceptors (Lipinski definition) is 7. The molecule has 1 aliphatic rings. The molecule has 0 bridgehead atoms. The van der Waals surface area contributed by atoms with Gasteiger partial charge in [0.25, 0.3) is 0 Å². The third-order valence-corrected chi connectivity index (χ3v) is 2.97. The Balaban J connectivity index is 2.55. The van der Waals surface area contributed by atoms with E-state index in [9.17, 15) is 0 Å². The van der Waals surface area contributed by atoms with E-state index in [-0.39, 0.29) is 0 Å². The fraction of sp³-hybridized carbons (Fsp3) is 0.500. The number of fused-ring (bicyclic) bond motifs is 1. The Morgan fingerprint density at radius 2 is 2.18 bits per heavy atom. The molecular weight excluding hydrogens is 280 g/mol. The van der Waals surface area contributed by atoms with Crippen LogP contribution in [0.4, 0.5) is 17.5 Å². The molecule has 0 saturated heterocycles. The lowest BCUT2D eigenvalue weighted by atomic mass is 10.2. The van der Waals surface area contributed by atoms with E-state index in [4.69, 9.17) is 12.2 Å². The van der Waals surface area contributed by atoms with Crippen LogP contribution in [0.1, 0.15) is 26.0 Å². The fourth-order valence-electron chi connectivity index (χ4n) is 2.06. The first-order chi connectivity index (χ1) is 10.5. The number of nitrogens with zero attached hydrogens (tertiary/aromatic N) is 3. The maximum atomic E-state index is 6.18. The van der Waals surface area contributed by atoms with Gasteiger partial charge in [0.05, 0.1) is 6.54 Å². The minimum Gasteiger partial charge on any atom is -0.357 e. The molecule has 0 aromatic carbocycles. The second-order valence-electron chi connectivity index (χ2n) is 5.11. The van der Waals surface area contributed by atoms with E-state index in [1.807, 2.05) is 6.92 Å². The van der Waals surface area contributed by atoms with Gasteiger partial charge >= 0.3 is 0 Å². The topological polar surface area (TPSA) is 112 Å². The van der Waals surface area contributed by atoms with Crippen molar-refractivity contribution in [3.05, 3.63) is 5.69 Å². The van der Waals surface area contributed by atoms with E-state index < -0.39 is 5.79 Å². The monoisotopic (exact) mass is 302 g/mol. The zero-order valence-corrected chi connectivity index (χ0v) is 13.1. The third-order valence-electron chi connectivity index (χ3n) is 2.97. The van der Waals surface area contributed by atoms with Crippen LogP contribution in [0.25, 0.3) is 0 Å². The van der Waals surface area contributed by atoms with Gasteiger partial charge in [0.1, 0.15) is 11.4 Å². The Morgan fingerprint density at radius 1 is 1.41 bits per heavy atom. The van der Waals surface area contributed by atoms with E-state index in [1.54, 1.807) is 7.05 Å². The molecule has 1 unspecified atom stereocenters. The molecule has 118 valence electrons. The van der Waals surface area contributed by atoms with Gasteiger partial charge in [-0.3, -0.25) is 10.7 Å². The van der Waals surface area contributed by atoms with Crippen LogP contribution in [-0.2, 0) is 0 Å². The van der Waals surface area contributed by atoms with Crippen LogP contribution in [0, 0.1) is 12.3 Å². The van der Waals surface area contributed by atoms with Crippen LogP contribution in [0.2, 0.25) is 0 Å². The molecule has 8 heteroatoms. The number of terminal acetylenes is 1. The van der Waals surface area contributed by atoms with Gasteiger partial charge in [-0.05, 0) is 13.3 Å². The standard InChI is InChI=1S/C14H22N8/c1-5-7-17-11-10-9(19-13(16-4)20-11)12(18-8-6-2)22-14(3,15)21-10/h1,21H,6-8,15H2,2-4H3,(H,18,22)(H2,16,17,19,20). The Morgan fingerprint density at radius 3 is 2.82 bits per heavy atom. The minimum absolute atomic E-state index is 0.352. The Kier molecular flexibility index (Phi) is 4.68. The average Bonchev–Trinajstić information content (AvgIpc) is 2.49. The summed E-state index contributed by atoms with van der Waals surface area (Å²) < 4.78 is 0. The highest BCUT2D eigenvalue weighted by atomic mass is 15.4. The second-order valence-corrected chi connectivity index (χ2v) is 5.11. The van der Waals surface area contributed by atoms with E-state index in [0.717, 1.165) is 6.42 Å². The van der Waals surface area contributed by atoms with Crippen molar-refractivity contribution in [3.8, 4) is 12.3 Å². The summed E-state index contributed by atoms with van der Waals surface area (Å²) in [5, 5.41) is 12.3. The molecule has 6 N–H and O–H groups in total. The van der Waals surface area contributed by atoms with Gasteiger partial charge in [-0.1, -0.05) is 12.8 Å². The average molecular weight is 302 g/mol. The summed E-state index contributed by atoms with van der Waals surface area (Å²) in [6, 6.07) is 0. The summed E-state index contributed by atoms with van der Waals surface area (Å²) >= 11 is 0. The molecule has 1 aromatic heterocycles. The first-order valence-electron chi connectivity index (χ1n) is 7.18. The maximum absolute atomic E-state index is 6.18. The van der Waals surface area contributed by atoms with Crippen LogP contribution in [-0.4, -0.2) is 41.7 Å². The molecule has 1 aromatic rings. The molecule has 22 heavy (non-hydrogen) atoms. The number of amidine groups is 1. The number of anilines is 3. The number of nitrogens with one attached hydrogen (secondary N) is 4. The first kappa shape index (κ1) is 15.9. The Labute approximate surface area is 130 Å². The van der Waals surface area contributed by atoms with Gasteiger partial charge in [0, 0.05) is 13.6 Å². The minimum atomic E-state index is -0.851. The van der Waals surface area contributed by atoms with Crippen LogP contribution in [0.3, 0.4) is 0 Å². The van der Waals surface area contributed by atoms with Crippen molar-refractivity contribution in [1.29, 1.82) is 0 Å². The number of hydrogen-bond donors (Lipinski definition) is 5. The van der Waals surface area contributed by atoms with Crippen molar-refractivity contribution in [2.75, 3.05) is 36.1 Å². The van der Waals surface area contributed by atoms with Crippen LogP contribution in [0.5, 0.6) is 0 Å². The largest absolute Gasteiger partial charge is 0.357 e. The van der Waals surface area contributed by atoms with Gasteiger partial charge < -0.3 is 21.3 Å². The van der Waals surface area contributed by atoms with Gasteiger partial charge in [-0.2, -0.15) is 4.98 Å². The van der Waals surface area contributed by atoms with E-state index in [1.165, 1.54) is 0 Å². The molecular formula is C14H22N8. The van der Waals surface area contributed by atoms with Crippen molar-refractivity contribution in [1.82, 2.24) is 15.3 Å². The van der Waals surface area contributed by atoms with Crippen LogP contribution in [0.15, 0.2) is 4.99 Å². The summed E-state index contributed by atoms with van der Waals surface area (Å²) in [5.41, 5.74) is 7.53. The molecule has 1 atom stereocenters. The van der Waals surface area contributed by atoms with E-state index in [2.05, 4.69) is 49.1 Å². The summed E-state index contributed by atoms with van der Waals surface area (Å²) in [5.74, 6) is 3.39. The predicted octanol–water partition coefficient (Wildman–Crippen LogP) is 0.368. The Bertz CT molecular complexity index is 614. The second kappa shape index (κ2) is 6.49. The molecule has 0 amide bonds. The zero-order chi connectivity index (χ0) is 16.2. The lowest BCUT2D eigenvalue weighted by Crippen LogP contribution is -2.62. The van der Waals surface area contributed by atoms with Crippen molar-refractivity contribution < 1.29 is 0 Å². The maximum Gasteiger partial charge on any atom is 0.225 e. The number of aliphatic imine (C=N–C) groups is 1. The summed E-state index contributed by atoms with van der Waals surface area (Å²) in [6.07, 6.45) is 6.25. The number of aromatic nitrogens is 2. The van der Waals surface area contributed by atoms with Crippen molar-refractivity contribution >= 4 is 23.3 Å². The van der Waals surface area contributed by atoms with Crippen molar-refractivity contribution in [2.24, 2.45) is 10.7 Å². The summed E-state index contributed by atoms with van der Waals surface area (Å²) in [7, 11) is 1.76. The fourth-order valence-corrected chi connectivity index (χ4v) is 2.06. The van der Waals surface area contributed by atoms with Gasteiger partial charge in [0.2, 0.25) is 5.95 Å². The highest BCUT2D eigenvalue weighted by Gasteiger charge is 2.32. The van der Waals surface area contributed by atoms with Crippen molar-refractivity contribution in [2.45, 2.75) is 26.1 Å². The quantitative estimate of drug-likeness (QED) is 0.499. The molecule has 0 spiro atoms. The van der Waals surface area contributed by atoms with Crippen molar-refractivity contribution in [3.63, 3.8) is 0 Å². The molecule has 2 heterocycles. The number of rotatable bonds is 5. The molecule has 0 aliphatic carbocycles. The van der Waals surface area contributed by atoms with E-state index in [0.29, 0.717) is 42.1 Å². The highest BCUT2D eigenvalue weighted by Crippen LogP contribution is 2.29. The summed E-state index contributed by atoms with van der Waals surface area (Å²) in [4.78, 5) is 13.4. The third kappa shape index (κ3) is 3.38. The normalized spacial score (nSPS) is 21.3. The van der Waals surface area contributed by atoms with Gasteiger partial charge in [0.15, 0.2) is 17.4 Å². The molecule has 2 rings (SSSR count). The molecule has 8 nitrogen and oxygen atoms in total. The summed E-state index contributed by atoms with van der Waals surface area (Å²) in [6.45, 7) is 4.91. The number of nitrogens with two attached hydrogens (primary N) is 1. The SMILES string of the molecule is C#CCNc1nc(NC)nc2c1NC(C)(N)NC2=NCCC. The van der Waals surface area contributed by atoms with Gasteiger partial charge in [-0.15, -0.1) is 6.42 Å². The molecule has 0 saturated carbocycles. The zero-order valence-electron chi connectivity index (χ0n) is 13.1. The van der Waals surface area contributed by atoms with Gasteiger partial charge in [-0.25, -0.2) is 4.98 Å². The highest BCUT2D eigenvalue weighted by molar-refractivity contribution is 6.06. The van der Waals surface area contributed by atoms with Crippen LogP contribution >= 0.6 is 0 Å². The lowest BCUT2D eigenvalue weighted by Gasteiger charge is -2.36. The smallest absolute Gasteiger partial charge is 0.225 e. The lowest BCUT2D eigenvalue weighted by molar-refractivity contribution is 0.489. The molecule has 1 aliphatic heterocycles. The molecule has 0 radical (unpaired) electrons. The molecule has 0 fully saturated rings. The first-order valence-corrected chi connectivity index (χ1v) is 7.18. The van der Waals surface area contributed by atoms with E-state index >= 15 is 0 Å². The predicted molar refractivity (Wildman–Crippen MR) is 89.9 cm³/mol.